The molecule has 1 heterocycles. The molecule has 3 aromatic rings. The first kappa shape index (κ1) is 14.9. The van der Waals surface area contributed by atoms with E-state index in [1.807, 2.05) is 37.3 Å². The van der Waals surface area contributed by atoms with Gasteiger partial charge in [-0.3, -0.25) is 4.79 Å². The van der Waals surface area contributed by atoms with Crippen molar-refractivity contribution in [3.63, 3.8) is 0 Å². The van der Waals surface area contributed by atoms with Gasteiger partial charge in [0.25, 0.3) is 0 Å². The van der Waals surface area contributed by atoms with Gasteiger partial charge < -0.3 is 9.73 Å². The maximum Gasteiger partial charge on any atom is 0.228 e. The molecule has 0 atom stereocenters. The van der Waals surface area contributed by atoms with Crippen LogP contribution in [0, 0.1) is 13.8 Å². The molecule has 1 N–H and O–H groups in total. The summed E-state index contributed by atoms with van der Waals surface area (Å²) in [7, 11) is 0. The number of amides is 1. The van der Waals surface area contributed by atoms with Crippen LogP contribution in [-0.4, -0.2) is 5.91 Å². The number of furan rings is 1. The zero-order valence-electron chi connectivity index (χ0n) is 12.4. The molecule has 0 fully saturated rings. The third-order valence-corrected chi connectivity index (χ3v) is 4.29. The molecule has 1 aromatic heterocycles. The number of carbonyl (C=O) groups is 1. The highest BCUT2D eigenvalue weighted by Crippen LogP contribution is 2.27. The minimum atomic E-state index is -0.0565. The summed E-state index contributed by atoms with van der Waals surface area (Å²) < 4.78 is 6.58. The molecule has 3 rings (SSSR count). The smallest absolute Gasteiger partial charge is 0.228 e. The predicted molar refractivity (Wildman–Crippen MR) is 92.2 cm³/mol. The van der Waals surface area contributed by atoms with E-state index >= 15 is 0 Å². The second-order valence-electron chi connectivity index (χ2n) is 5.38. The van der Waals surface area contributed by atoms with Gasteiger partial charge >= 0.3 is 0 Å². The number of aryl methyl sites for hydroxylation is 2. The highest BCUT2D eigenvalue weighted by Gasteiger charge is 2.13. The summed E-state index contributed by atoms with van der Waals surface area (Å²) in [4.78, 5) is 12.2. The maximum absolute atomic E-state index is 12.2. The van der Waals surface area contributed by atoms with E-state index in [1.165, 1.54) is 5.56 Å². The molecule has 0 aliphatic carbocycles. The first-order chi connectivity index (χ1) is 10.5. The maximum atomic E-state index is 12.2. The van der Waals surface area contributed by atoms with Crippen molar-refractivity contribution in [3.05, 3.63) is 63.8 Å². The number of anilines is 1. The number of halogens is 1. The van der Waals surface area contributed by atoms with Crippen molar-refractivity contribution in [1.82, 2.24) is 0 Å². The zero-order chi connectivity index (χ0) is 15.7. The van der Waals surface area contributed by atoms with Gasteiger partial charge in [0.2, 0.25) is 5.91 Å². The molecule has 0 spiro atoms. The topological polar surface area (TPSA) is 42.2 Å². The van der Waals surface area contributed by atoms with Gasteiger partial charge in [-0.25, -0.2) is 0 Å². The molecule has 0 saturated carbocycles. The molecule has 0 aliphatic rings. The Morgan fingerprint density at radius 2 is 2.05 bits per heavy atom. The molecular formula is C18H16BrNO2. The van der Waals surface area contributed by atoms with Crippen LogP contribution in [0.5, 0.6) is 0 Å². The van der Waals surface area contributed by atoms with E-state index in [0.29, 0.717) is 6.42 Å². The Hall–Kier alpha value is -2.07. The van der Waals surface area contributed by atoms with E-state index in [4.69, 9.17) is 4.42 Å². The molecule has 112 valence electrons. The van der Waals surface area contributed by atoms with Gasteiger partial charge in [-0.15, -0.1) is 0 Å². The predicted octanol–water partition coefficient (Wildman–Crippen LogP) is 4.99. The number of rotatable bonds is 3. The first-order valence-electron chi connectivity index (χ1n) is 7.06. The second kappa shape index (κ2) is 5.97. The number of hydrogen-bond donors (Lipinski definition) is 1. The molecule has 0 saturated heterocycles. The molecule has 0 aliphatic heterocycles. The lowest BCUT2D eigenvalue weighted by atomic mass is 10.0. The lowest BCUT2D eigenvalue weighted by Gasteiger charge is -2.05. The van der Waals surface area contributed by atoms with Crippen LogP contribution >= 0.6 is 15.9 Å². The number of nitrogens with one attached hydrogen (secondary N) is 1. The Morgan fingerprint density at radius 1 is 1.23 bits per heavy atom. The minimum absolute atomic E-state index is 0.0565. The largest absolute Gasteiger partial charge is 0.464 e. The van der Waals surface area contributed by atoms with E-state index in [9.17, 15) is 4.79 Å². The molecule has 0 radical (unpaired) electrons. The van der Waals surface area contributed by atoms with Crippen molar-refractivity contribution in [2.75, 3.05) is 5.32 Å². The standard InChI is InChI=1S/C18H16BrNO2/c1-11-6-7-16-13(10-22-18(16)12(11)2)8-17(21)20-15-5-3-4-14(19)9-15/h3-7,9-10H,8H2,1-2H3,(H,20,21). The Labute approximate surface area is 137 Å². The van der Waals surface area contributed by atoms with Crippen LogP contribution in [0.1, 0.15) is 16.7 Å². The van der Waals surface area contributed by atoms with Crippen LogP contribution in [0.4, 0.5) is 5.69 Å². The quantitative estimate of drug-likeness (QED) is 0.716. The van der Waals surface area contributed by atoms with Crippen LogP contribution in [0.3, 0.4) is 0 Å². The molecule has 1 amide bonds. The number of benzene rings is 2. The molecular weight excluding hydrogens is 342 g/mol. The first-order valence-corrected chi connectivity index (χ1v) is 7.85. The summed E-state index contributed by atoms with van der Waals surface area (Å²) in [5.41, 5.74) is 4.86. The van der Waals surface area contributed by atoms with Crippen molar-refractivity contribution in [3.8, 4) is 0 Å². The van der Waals surface area contributed by atoms with Crippen molar-refractivity contribution >= 4 is 38.5 Å². The van der Waals surface area contributed by atoms with Gasteiger partial charge in [0.05, 0.1) is 12.7 Å². The Kier molecular flexibility index (Phi) is 4.03. The highest BCUT2D eigenvalue weighted by molar-refractivity contribution is 9.10. The van der Waals surface area contributed by atoms with E-state index < -0.39 is 0 Å². The Bertz CT molecular complexity index is 851. The summed E-state index contributed by atoms with van der Waals surface area (Å²) in [5.74, 6) is -0.0565. The molecule has 4 heteroatoms. The van der Waals surface area contributed by atoms with Crippen LogP contribution < -0.4 is 5.32 Å². The van der Waals surface area contributed by atoms with Crippen LogP contribution in [0.15, 0.2) is 51.6 Å². The van der Waals surface area contributed by atoms with E-state index in [0.717, 1.165) is 32.3 Å². The highest BCUT2D eigenvalue weighted by atomic mass is 79.9. The van der Waals surface area contributed by atoms with E-state index in [2.05, 4.69) is 34.2 Å². The minimum Gasteiger partial charge on any atom is -0.464 e. The number of hydrogen-bond acceptors (Lipinski definition) is 2. The third kappa shape index (κ3) is 2.92. The molecule has 22 heavy (non-hydrogen) atoms. The number of carbonyl (C=O) groups excluding carboxylic acids is 1. The number of fused-ring (bicyclic) bond motifs is 1. The second-order valence-corrected chi connectivity index (χ2v) is 6.30. The van der Waals surface area contributed by atoms with Gasteiger partial charge in [0, 0.05) is 21.1 Å². The fraction of sp³-hybridized carbons (Fsp3) is 0.167. The van der Waals surface area contributed by atoms with Gasteiger partial charge in [0.15, 0.2) is 0 Å². The summed E-state index contributed by atoms with van der Waals surface area (Å²) in [6.45, 7) is 4.09. The van der Waals surface area contributed by atoms with Gasteiger partial charge in [0.1, 0.15) is 5.58 Å². The lowest BCUT2D eigenvalue weighted by Crippen LogP contribution is -2.14. The van der Waals surface area contributed by atoms with Crippen LogP contribution in [0.2, 0.25) is 0 Å². The van der Waals surface area contributed by atoms with Crippen LogP contribution in [0.25, 0.3) is 11.0 Å². The third-order valence-electron chi connectivity index (χ3n) is 3.80. The Balaban J connectivity index is 1.81. The van der Waals surface area contributed by atoms with Gasteiger partial charge in [-0.1, -0.05) is 34.1 Å². The average molecular weight is 358 g/mol. The summed E-state index contributed by atoms with van der Waals surface area (Å²) in [6.07, 6.45) is 1.97. The van der Waals surface area contributed by atoms with Crippen molar-refractivity contribution in [1.29, 1.82) is 0 Å². The summed E-state index contributed by atoms with van der Waals surface area (Å²) >= 11 is 3.39. The molecule has 2 aromatic carbocycles. The monoisotopic (exact) mass is 357 g/mol. The van der Waals surface area contributed by atoms with Crippen molar-refractivity contribution in [2.24, 2.45) is 0 Å². The fourth-order valence-corrected chi connectivity index (χ4v) is 2.87. The van der Waals surface area contributed by atoms with E-state index in [1.54, 1.807) is 6.26 Å². The van der Waals surface area contributed by atoms with E-state index in [-0.39, 0.29) is 5.91 Å². The SMILES string of the molecule is Cc1ccc2c(CC(=O)Nc3cccc(Br)c3)coc2c1C. The zero-order valence-corrected chi connectivity index (χ0v) is 14.0. The van der Waals surface area contributed by atoms with Crippen LogP contribution in [-0.2, 0) is 11.2 Å². The molecule has 3 nitrogen and oxygen atoms in total. The van der Waals surface area contributed by atoms with Crippen molar-refractivity contribution < 1.29 is 9.21 Å². The van der Waals surface area contributed by atoms with Crippen molar-refractivity contribution in [2.45, 2.75) is 20.3 Å². The average Bonchev–Trinajstić information content (AvgIpc) is 2.86. The summed E-state index contributed by atoms with van der Waals surface area (Å²) in [5, 5.41) is 3.91. The molecule has 0 unspecified atom stereocenters. The molecule has 0 bridgehead atoms. The fourth-order valence-electron chi connectivity index (χ4n) is 2.47. The Morgan fingerprint density at radius 3 is 2.82 bits per heavy atom. The van der Waals surface area contributed by atoms with Gasteiger partial charge in [-0.05, 0) is 43.2 Å². The lowest BCUT2D eigenvalue weighted by molar-refractivity contribution is -0.115. The van der Waals surface area contributed by atoms with Gasteiger partial charge in [-0.2, -0.15) is 0 Å². The normalized spacial score (nSPS) is 10.9. The summed E-state index contributed by atoms with van der Waals surface area (Å²) in [6, 6.07) is 11.6.